The van der Waals surface area contributed by atoms with Gasteiger partial charge in [0.25, 0.3) is 5.56 Å². The van der Waals surface area contributed by atoms with Gasteiger partial charge in [-0.2, -0.15) is 18.2 Å². The van der Waals surface area contributed by atoms with Crippen molar-refractivity contribution in [2.24, 2.45) is 0 Å². The first-order valence-electron chi connectivity index (χ1n) is 10.0. The number of hydrogen-bond acceptors (Lipinski definition) is 7. The summed E-state index contributed by atoms with van der Waals surface area (Å²) >= 11 is 0. The Hall–Kier alpha value is -4.41. The third kappa shape index (κ3) is 4.03. The van der Waals surface area contributed by atoms with Crippen molar-refractivity contribution in [1.29, 1.82) is 0 Å². The minimum absolute atomic E-state index is 0.152. The van der Waals surface area contributed by atoms with Crippen molar-refractivity contribution in [3.05, 3.63) is 71.5 Å². The molecule has 0 aliphatic carbocycles. The van der Waals surface area contributed by atoms with Crippen LogP contribution in [0.25, 0.3) is 38.9 Å². The van der Waals surface area contributed by atoms with Crippen LogP contribution in [0, 0.1) is 0 Å². The lowest BCUT2D eigenvalue weighted by Gasteiger charge is -2.14. The van der Waals surface area contributed by atoms with Crippen LogP contribution in [0.2, 0.25) is 0 Å². The van der Waals surface area contributed by atoms with Crippen molar-refractivity contribution in [1.82, 2.24) is 19.5 Å². The van der Waals surface area contributed by atoms with E-state index in [0.29, 0.717) is 39.0 Å². The quantitative estimate of drug-likeness (QED) is 0.405. The van der Waals surface area contributed by atoms with Crippen LogP contribution in [0.5, 0.6) is 5.75 Å². The van der Waals surface area contributed by atoms with E-state index in [1.165, 1.54) is 24.3 Å². The average molecular weight is 467 g/mol. The second-order valence-corrected chi connectivity index (χ2v) is 7.37. The molecular formula is C23H16F3N5O3. The number of nitrogens with one attached hydrogen (secondary N) is 1. The molecule has 2 aromatic carbocycles. The molecule has 34 heavy (non-hydrogen) atoms. The minimum atomic E-state index is -4.45. The number of ether oxygens (including phenoxy) is 1. The van der Waals surface area contributed by atoms with Gasteiger partial charge in [0.1, 0.15) is 17.8 Å². The molecule has 11 heteroatoms. The Bertz CT molecular complexity index is 1560. The molecule has 8 nitrogen and oxygen atoms in total. The highest BCUT2D eigenvalue weighted by atomic mass is 19.4. The molecular weight excluding hydrogens is 451 g/mol. The lowest BCUT2D eigenvalue weighted by molar-refractivity contribution is -0.115. The van der Waals surface area contributed by atoms with E-state index in [0.717, 1.165) is 0 Å². The molecule has 0 unspecified atom stereocenters. The fourth-order valence-electron chi connectivity index (χ4n) is 3.56. The molecule has 0 aliphatic rings. The first-order chi connectivity index (χ1) is 16.3. The van der Waals surface area contributed by atoms with Gasteiger partial charge in [0.05, 0.1) is 12.8 Å². The average Bonchev–Trinajstić information content (AvgIpc) is 3.30. The number of methoxy groups -OCH3 is 1. The van der Waals surface area contributed by atoms with Crippen molar-refractivity contribution < 1.29 is 22.3 Å². The molecule has 3 heterocycles. The van der Waals surface area contributed by atoms with Gasteiger partial charge in [-0.3, -0.25) is 9.36 Å². The van der Waals surface area contributed by atoms with Gasteiger partial charge in [-0.25, -0.2) is 9.97 Å². The lowest BCUT2D eigenvalue weighted by atomic mass is 10.1. The van der Waals surface area contributed by atoms with Gasteiger partial charge in [-0.1, -0.05) is 6.07 Å². The minimum Gasteiger partial charge on any atom is -0.497 e. The van der Waals surface area contributed by atoms with Crippen LogP contribution in [-0.2, 0) is 0 Å². The number of hydrogen-bond donors (Lipinski definition) is 1. The molecule has 0 fully saturated rings. The third-order valence-electron chi connectivity index (χ3n) is 5.16. The van der Waals surface area contributed by atoms with E-state index in [2.05, 4.69) is 20.3 Å². The molecule has 5 aromatic rings. The summed E-state index contributed by atoms with van der Waals surface area (Å²) in [7, 11) is 1.52. The summed E-state index contributed by atoms with van der Waals surface area (Å²) in [6, 6.07) is 13.4. The second-order valence-electron chi connectivity index (χ2n) is 7.37. The summed E-state index contributed by atoms with van der Waals surface area (Å²) in [5.74, 6) is 0.331. The Kier molecular flexibility index (Phi) is 5.16. The van der Waals surface area contributed by atoms with Crippen LogP contribution in [0.3, 0.4) is 0 Å². The van der Waals surface area contributed by atoms with Crippen LogP contribution in [0.15, 0.2) is 70.3 Å². The van der Waals surface area contributed by atoms with Crippen LogP contribution in [0.4, 0.5) is 19.1 Å². The van der Waals surface area contributed by atoms with Crippen molar-refractivity contribution in [3.8, 4) is 22.6 Å². The summed E-state index contributed by atoms with van der Waals surface area (Å²) in [6.07, 6.45) is -1.76. The predicted octanol–water partition coefficient (Wildman–Crippen LogP) is 4.57. The number of aromatic nitrogens is 4. The molecule has 0 aliphatic heterocycles. The van der Waals surface area contributed by atoms with E-state index in [9.17, 15) is 18.0 Å². The summed E-state index contributed by atoms with van der Waals surface area (Å²) in [4.78, 5) is 26.0. The fraction of sp³-hybridized carbons (Fsp3) is 0.130. The lowest BCUT2D eigenvalue weighted by Crippen LogP contribution is -2.24. The zero-order chi connectivity index (χ0) is 23.9. The monoisotopic (exact) mass is 467 g/mol. The number of rotatable bonds is 5. The molecule has 1 N–H and O–H groups in total. The highest BCUT2D eigenvalue weighted by molar-refractivity contribution is 5.86. The van der Waals surface area contributed by atoms with Gasteiger partial charge < -0.3 is 14.5 Å². The number of oxazole rings is 1. The third-order valence-corrected chi connectivity index (χ3v) is 5.16. The highest BCUT2D eigenvalue weighted by Gasteiger charge is 2.27. The number of halogens is 3. The van der Waals surface area contributed by atoms with Gasteiger partial charge in [0, 0.05) is 17.1 Å². The van der Waals surface area contributed by atoms with Crippen LogP contribution in [-0.4, -0.2) is 39.3 Å². The maximum atomic E-state index is 13.7. The summed E-state index contributed by atoms with van der Waals surface area (Å²) in [5.41, 5.74) is 2.26. The number of pyridine rings is 1. The maximum Gasteiger partial charge on any atom is 0.405 e. The fourth-order valence-corrected chi connectivity index (χ4v) is 3.56. The molecule has 0 radical (unpaired) electrons. The van der Waals surface area contributed by atoms with Crippen molar-refractivity contribution in [3.63, 3.8) is 0 Å². The van der Waals surface area contributed by atoms with Gasteiger partial charge in [-0.15, -0.1) is 0 Å². The Labute approximate surface area is 189 Å². The van der Waals surface area contributed by atoms with Crippen molar-refractivity contribution in [2.45, 2.75) is 6.18 Å². The Morgan fingerprint density at radius 2 is 1.88 bits per heavy atom. The summed E-state index contributed by atoms with van der Waals surface area (Å²) in [5, 5.41) is 2.61. The zero-order valence-electron chi connectivity index (χ0n) is 17.6. The van der Waals surface area contributed by atoms with Gasteiger partial charge in [0.15, 0.2) is 17.6 Å². The number of anilines is 1. The van der Waals surface area contributed by atoms with Crippen molar-refractivity contribution >= 4 is 28.1 Å². The Morgan fingerprint density at radius 1 is 1.09 bits per heavy atom. The Morgan fingerprint density at radius 3 is 2.62 bits per heavy atom. The SMILES string of the molecule is COc1ccc(-n2c(=O)c(-c3ccc4ncoc4c3)cc3cnc(NCC(F)(F)F)nc32)cc1. The van der Waals surface area contributed by atoms with E-state index < -0.39 is 18.3 Å². The molecule has 0 saturated heterocycles. The van der Waals surface area contributed by atoms with E-state index in [1.807, 2.05) is 0 Å². The topological polar surface area (TPSA) is 95.1 Å². The second kappa shape index (κ2) is 8.18. The van der Waals surface area contributed by atoms with Gasteiger partial charge in [-0.05, 0) is 48.0 Å². The van der Waals surface area contributed by atoms with E-state index in [-0.39, 0.29) is 11.6 Å². The molecule has 0 bridgehead atoms. The molecule has 0 saturated carbocycles. The van der Waals surface area contributed by atoms with Crippen molar-refractivity contribution in [2.75, 3.05) is 19.0 Å². The molecule has 3 aromatic heterocycles. The molecule has 0 atom stereocenters. The number of alkyl halides is 3. The first kappa shape index (κ1) is 21.4. The molecule has 5 rings (SSSR count). The Balaban J connectivity index is 1.72. The molecule has 0 amide bonds. The number of fused-ring (bicyclic) bond motifs is 2. The van der Waals surface area contributed by atoms with Gasteiger partial charge >= 0.3 is 6.18 Å². The van der Waals surface area contributed by atoms with E-state index in [1.54, 1.807) is 48.5 Å². The summed E-state index contributed by atoms with van der Waals surface area (Å²) < 4.78 is 49.9. The maximum absolute atomic E-state index is 13.7. The van der Waals surface area contributed by atoms with Gasteiger partial charge in [0.2, 0.25) is 5.95 Å². The zero-order valence-corrected chi connectivity index (χ0v) is 17.6. The van der Waals surface area contributed by atoms with Crippen LogP contribution in [0.1, 0.15) is 0 Å². The summed E-state index contributed by atoms with van der Waals surface area (Å²) in [6.45, 7) is -1.31. The molecule has 0 spiro atoms. The normalized spacial score (nSPS) is 11.8. The highest BCUT2D eigenvalue weighted by Crippen LogP contribution is 2.26. The van der Waals surface area contributed by atoms with E-state index in [4.69, 9.17) is 9.15 Å². The number of nitrogens with zero attached hydrogens (tertiary/aromatic N) is 4. The smallest absolute Gasteiger partial charge is 0.405 e. The standard InChI is InChI=1S/C23H16F3N5O3/c1-33-16-5-3-15(4-6-16)31-20-14(10-27-22(30-20)28-11-23(24,25)26)8-17(21(31)32)13-2-7-18-19(9-13)34-12-29-18/h2-10,12H,11H2,1H3,(H,27,28,30). The first-order valence-corrected chi connectivity index (χ1v) is 10.0. The number of benzene rings is 2. The van der Waals surface area contributed by atoms with Crippen LogP contribution >= 0.6 is 0 Å². The van der Waals surface area contributed by atoms with Crippen LogP contribution < -0.4 is 15.6 Å². The van der Waals surface area contributed by atoms with E-state index >= 15 is 0 Å². The predicted molar refractivity (Wildman–Crippen MR) is 119 cm³/mol. The molecule has 172 valence electrons. The largest absolute Gasteiger partial charge is 0.497 e.